The lowest BCUT2D eigenvalue weighted by Crippen LogP contribution is -2.11. The molecule has 0 aliphatic carbocycles. The number of hydrogen-bond acceptors (Lipinski definition) is 3. The molecule has 0 unspecified atom stereocenters. The fraction of sp³-hybridized carbons (Fsp3) is 0.412. The van der Waals surface area contributed by atoms with Gasteiger partial charge in [-0.3, -0.25) is 0 Å². The highest BCUT2D eigenvalue weighted by Gasteiger charge is 1.99. The molecule has 1 heterocycles. The Hall–Kier alpha value is -0.840. The van der Waals surface area contributed by atoms with E-state index in [0.29, 0.717) is 5.92 Å². The van der Waals surface area contributed by atoms with Gasteiger partial charge >= 0.3 is 0 Å². The minimum atomic E-state index is 0.686. The zero-order valence-electron chi connectivity index (χ0n) is 12.6. The van der Waals surface area contributed by atoms with Crippen LogP contribution in [0.5, 0.6) is 5.75 Å². The molecule has 0 spiro atoms. The quantitative estimate of drug-likeness (QED) is 0.689. The lowest BCUT2D eigenvalue weighted by atomic mass is 10.1. The van der Waals surface area contributed by atoms with Crippen LogP contribution in [0.1, 0.15) is 30.7 Å². The second kappa shape index (κ2) is 8.57. The lowest BCUT2D eigenvalue weighted by Gasteiger charge is -2.09. The molecule has 1 aromatic heterocycles. The Morgan fingerprint density at radius 2 is 1.86 bits per heavy atom. The summed E-state index contributed by atoms with van der Waals surface area (Å²) in [6.07, 6.45) is 1.10. The maximum absolute atomic E-state index is 5.72. The van der Waals surface area contributed by atoms with E-state index in [1.54, 1.807) is 11.3 Å². The number of halogens is 1. The van der Waals surface area contributed by atoms with E-state index < -0.39 is 0 Å². The van der Waals surface area contributed by atoms with Crippen molar-refractivity contribution < 1.29 is 4.74 Å². The Bertz CT molecular complexity index is 536. The van der Waals surface area contributed by atoms with E-state index in [1.165, 1.54) is 14.2 Å². The number of ether oxygens (including phenoxy) is 1. The topological polar surface area (TPSA) is 21.3 Å². The van der Waals surface area contributed by atoms with Gasteiger partial charge in [0, 0.05) is 18.0 Å². The zero-order chi connectivity index (χ0) is 15.1. The predicted molar refractivity (Wildman–Crippen MR) is 94.0 cm³/mol. The summed E-state index contributed by atoms with van der Waals surface area (Å²) in [7, 11) is 0. The molecule has 1 N–H and O–H groups in total. The largest absolute Gasteiger partial charge is 0.494 e. The Kier molecular flexibility index (Phi) is 6.74. The van der Waals surface area contributed by atoms with Gasteiger partial charge < -0.3 is 10.1 Å². The lowest BCUT2D eigenvalue weighted by molar-refractivity contribution is 0.289. The first-order chi connectivity index (χ1) is 10.1. The molecule has 2 nitrogen and oxygen atoms in total. The normalized spacial score (nSPS) is 11.0. The molecule has 2 aromatic rings. The van der Waals surface area contributed by atoms with Crippen molar-refractivity contribution in [2.75, 3.05) is 6.61 Å². The maximum Gasteiger partial charge on any atom is 0.119 e. The monoisotopic (exact) mass is 367 g/mol. The first kappa shape index (κ1) is 16.5. The molecule has 2 rings (SSSR count). The molecular weight excluding hydrogens is 346 g/mol. The Morgan fingerprint density at radius 3 is 2.48 bits per heavy atom. The van der Waals surface area contributed by atoms with E-state index in [1.807, 2.05) is 0 Å². The van der Waals surface area contributed by atoms with Gasteiger partial charge in [0.15, 0.2) is 0 Å². The van der Waals surface area contributed by atoms with Crippen molar-refractivity contribution in [3.05, 3.63) is 50.6 Å². The van der Waals surface area contributed by atoms with Gasteiger partial charge in [0.2, 0.25) is 0 Å². The average Bonchev–Trinajstić information content (AvgIpc) is 2.86. The zero-order valence-corrected chi connectivity index (χ0v) is 15.0. The van der Waals surface area contributed by atoms with Crippen molar-refractivity contribution in [1.82, 2.24) is 5.32 Å². The molecule has 0 saturated carbocycles. The van der Waals surface area contributed by atoms with Gasteiger partial charge in [-0.05, 0) is 58.1 Å². The van der Waals surface area contributed by atoms with Crippen LogP contribution in [0.3, 0.4) is 0 Å². The highest BCUT2D eigenvalue weighted by Crippen LogP contribution is 2.21. The van der Waals surface area contributed by atoms with Gasteiger partial charge in [0.1, 0.15) is 5.75 Å². The summed E-state index contributed by atoms with van der Waals surface area (Å²) in [5.74, 6) is 1.65. The van der Waals surface area contributed by atoms with E-state index in [-0.39, 0.29) is 0 Å². The fourth-order valence-electron chi connectivity index (χ4n) is 1.89. The van der Waals surface area contributed by atoms with Crippen molar-refractivity contribution in [3.8, 4) is 5.75 Å². The fourth-order valence-corrected chi connectivity index (χ4v) is 3.35. The third kappa shape index (κ3) is 6.20. The molecule has 0 amide bonds. The minimum absolute atomic E-state index is 0.686. The molecule has 1 aromatic carbocycles. The van der Waals surface area contributed by atoms with Crippen LogP contribution in [0.15, 0.2) is 40.2 Å². The van der Waals surface area contributed by atoms with Crippen molar-refractivity contribution in [1.29, 1.82) is 0 Å². The predicted octanol–water partition coefficient (Wildman–Crippen LogP) is 5.23. The SMILES string of the molecule is CC(C)CCOc1ccc(CNCc2ccc(Br)s2)cc1. The van der Waals surface area contributed by atoms with Crippen LogP contribution in [-0.4, -0.2) is 6.61 Å². The molecule has 0 saturated heterocycles. The molecule has 0 bridgehead atoms. The second-order valence-electron chi connectivity index (χ2n) is 5.48. The highest BCUT2D eigenvalue weighted by molar-refractivity contribution is 9.11. The number of benzene rings is 1. The van der Waals surface area contributed by atoms with Gasteiger partial charge in [0.25, 0.3) is 0 Å². The molecule has 0 fully saturated rings. The summed E-state index contributed by atoms with van der Waals surface area (Å²) in [5, 5.41) is 3.46. The van der Waals surface area contributed by atoms with E-state index in [9.17, 15) is 0 Å². The van der Waals surface area contributed by atoms with Crippen LogP contribution >= 0.6 is 27.3 Å². The van der Waals surface area contributed by atoms with E-state index in [0.717, 1.165) is 31.9 Å². The van der Waals surface area contributed by atoms with Gasteiger partial charge in [-0.15, -0.1) is 11.3 Å². The van der Waals surface area contributed by atoms with Gasteiger partial charge in [-0.2, -0.15) is 0 Å². The highest BCUT2D eigenvalue weighted by atomic mass is 79.9. The van der Waals surface area contributed by atoms with Crippen LogP contribution in [-0.2, 0) is 13.1 Å². The smallest absolute Gasteiger partial charge is 0.119 e. The third-order valence-corrected chi connectivity index (χ3v) is 4.77. The molecule has 114 valence electrons. The van der Waals surface area contributed by atoms with Crippen LogP contribution < -0.4 is 10.1 Å². The van der Waals surface area contributed by atoms with E-state index in [4.69, 9.17) is 4.74 Å². The molecule has 4 heteroatoms. The standard InChI is InChI=1S/C17H22BrNOS/c1-13(2)9-10-20-15-5-3-14(4-6-15)11-19-12-16-7-8-17(18)21-16/h3-8,13,19H,9-12H2,1-2H3. The van der Waals surface area contributed by atoms with Crippen molar-refractivity contribution >= 4 is 27.3 Å². The number of rotatable bonds is 8. The van der Waals surface area contributed by atoms with E-state index >= 15 is 0 Å². The molecule has 0 atom stereocenters. The first-order valence-corrected chi connectivity index (χ1v) is 8.91. The summed E-state index contributed by atoms with van der Waals surface area (Å²) in [4.78, 5) is 1.34. The molecule has 21 heavy (non-hydrogen) atoms. The van der Waals surface area contributed by atoms with Crippen LogP contribution in [0, 0.1) is 5.92 Å². The summed E-state index contributed by atoms with van der Waals surface area (Å²) in [5.41, 5.74) is 1.28. The first-order valence-electron chi connectivity index (χ1n) is 7.30. The Morgan fingerprint density at radius 1 is 1.10 bits per heavy atom. The summed E-state index contributed by atoms with van der Waals surface area (Å²) in [6.45, 7) is 7.00. The Balaban J connectivity index is 1.72. The molecule has 0 aliphatic heterocycles. The van der Waals surface area contributed by atoms with Crippen molar-refractivity contribution in [3.63, 3.8) is 0 Å². The number of hydrogen-bond donors (Lipinski definition) is 1. The molecule has 0 radical (unpaired) electrons. The summed E-state index contributed by atoms with van der Waals surface area (Å²) in [6, 6.07) is 12.6. The van der Waals surface area contributed by atoms with Gasteiger partial charge in [-0.1, -0.05) is 26.0 Å². The van der Waals surface area contributed by atoms with Crippen molar-refractivity contribution in [2.45, 2.75) is 33.4 Å². The van der Waals surface area contributed by atoms with Crippen LogP contribution in [0.4, 0.5) is 0 Å². The number of nitrogens with one attached hydrogen (secondary N) is 1. The van der Waals surface area contributed by atoms with Gasteiger partial charge in [0.05, 0.1) is 10.4 Å². The molecule has 0 aliphatic rings. The van der Waals surface area contributed by atoms with Gasteiger partial charge in [-0.25, -0.2) is 0 Å². The van der Waals surface area contributed by atoms with Crippen molar-refractivity contribution in [2.24, 2.45) is 5.92 Å². The maximum atomic E-state index is 5.72. The second-order valence-corrected chi connectivity index (χ2v) is 8.03. The summed E-state index contributed by atoms with van der Waals surface area (Å²) >= 11 is 5.25. The summed E-state index contributed by atoms with van der Waals surface area (Å²) < 4.78 is 6.91. The van der Waals surface area contributed by atoms with Crippen LogP contribution in [0.2, 0.25) is 0 Å². The average molecular weight is 368 g/mol. The number of thiophene rings is 1. The Labute approximate surface area is 139 Å². The van der Waals surface area contributed by atoms with Crippen LogP contribution in [0.25, 0.3) is 0 Å². The van der Waals surface area contributed by atoms with E-state index in [2.05, 4.69) is 71.5 Å². The third-order valence-electron chi connectivity index (χ3n) is 3.14. The minimum Gasteiger partial charge on any atom is -0.494 e. The molecular formula is C17H22BrNOS.